The average molecular weight is 182 g/mol. The van der Waals surface area contributed by atoms with E-state index >= 15 is 0 Å². The molecule has 0 aliphatic heterocycles. The van der Waals surface area contributed by atoms with Crippen LogP contribution < -0.4 is 10.6 Å². The quantitative estimate of drug-likeness (QED) is 0.669. The topological polar surface area (TPSA) is 41.1 Å². The van der Waals surface area contributed by atoms with E-state index in [0.717, 1.165) is 19.3 Å². The number of hydrogen-bond donors (Lipinski definition) is 2. The summed E-state index contributed by atoms with van der Waals surface area (Å²) in [4.78, 5) is 11.4. The van der Waals surface area contributed by atoms with E-state index in [1.807, 2.05) is 0 Å². The molecule has 2 rings (SSSR count). The average Bonchev–Trinajstić information content (AvgIpc) is 2.77. The Morgan fingerprint density at radius 1 is 1.31 bits per heavy atom. The van der Waals surface area contributed by atoms with Gasteiger partial charge >= 0.3 is 6.03 Å². The molecule has 13 heavy (non-hydrogen) atoms. The van der Waals surface area contributed by atoms with E-state index in [4.69, 9.17) is 0 Å². The van der Waals surface area contributed by atoms with Gasteiger partial charge in [-0.15, -0.1) is 0 Å². The Bertz CT molecular complexity index is 243. The van der Waals surface area contributed by atoms with E-state index in [1.165, 1.54) is 0 Å². The lowest BCUT2D eigenvalue weighted by Gasteiger charge is -2.13. The highest BCUT2D eigenvalue weighted by molar-refractivity contribution is 5.76. The number of carbonyl (C=O) groups excluding carboxylic acids is 1. The van der Waals surface area contributed by atoms with Crippen molar-refractivity contribution in [1.82, 2.24) is 10.6 Å². The third-order valence-corrected chi connectivity index (χ3v) is 3.23. The largest absolute Gasteiger partial charge is 0.335 e. The summed E-state index contributed by atoms with van der Waals surface area (Å²) < 4.78 is 0. The monoisotopic (exact) mass is 182 g/mol. The fraction of sp³-hybridized carbons (Fsp3) is 0.900. The third-order valence-electron chi connectivity index (χ3n) is 3.23. The van der Waals surface area contributed by atoms with Gasteiger partial charge in [0.1, 0.15) is 0 Å². The van der Waals surface area contributed by atoms with Gasteiger partial charge < -0.3 is 10.6 Å². The minimum atomic E-state index is 0.00979. The zero-order valence-corrected chi connectivity index (χ0v) is 8.61. The molecule has 0 aromatic rings. The van der Waals surface area contributed by atoms with Crippen LogP contribution >= 0.6 is 0 Å². The maximum atomic E-state index is 11.4. The first-order chi connectivity index (χ1) is 5.91. The summed E-state index contributed by atoms with van der Waals surface area (Å²) in [5, 5.41) is 5.98. The molecule has 3 nitrogen and oxygen atoms in total. The molecular formula is C10H18N2O. The fourth-order valence-corrected chi connectivity index (χ4v) is 1.49. The maximum absolute atomic E-state index is 11.4. The van der Waals surface area contributed by atoms with Crippen LogP contribution in [0.2, 0.25) is 0 Å². The summed E-state index contributed by atoms with van der Waals surface area (Å²) in [5.41, 5.74) is 0.422. The van der Waals surface area contributed by atoms with Crippen LogP contribution in [0.1, 0.15) is 40.0 Å². The first-order valence-corrected chi connectivity index (χ1v) is 5.00. The smallest absolute Gasteiger partial charge is 0.315 e. The van der Waals surface area contributed by atoms with Crippen molar-refractivity contribution in [2.24, 2.45) is 5.41 Å². The lowest BCUT2D eigenvalue weighted by atomic mass is 10.2. The first kappa shape index (κ1) is 8.85. The molecule has 0 aromatic carbocycles. The molecule has 0 bridgehead atoms. The van der Waals surface area contributed by atoms with Crippen LogP contribution in [0.4, 0.5) is 4.79 Å². The molecule has 2 aliphatic carbocycles. The molecule has 3 heteroatoms. The Labute approximate surface area is 79.3 Å². The van der Waals surface area contributed by atoms with Gasteiger partial charge in [-0.2, -0.15) is 0 Å². The van der Waals surface area contributed by atoms with Crippen molar-refractivity contribution in [1.29, 1.82) is 0 Å². The fourth-order valence-electron chi connectivity index (χ4n) is 1.49. The number of amides is 2. The van der Waals surface area contributed by atoms with Crippen molar-refractivity contribution in [3.8, 4) is 0 Å². The molecule has 0 spiro atoms. The van der Waals surface area contributed by atoms with E-state index in [0.29, 0.717) is 11.5 Å². The SMILES string of the molecule is CC1(NC(=O)NC2CC2(C)C)CC1. The second-order valence-electron chi connectivity index (χ2n) is 5.40. The highest BCUT2D eigenvalue weighted by Gasteiger charge is 2.47. The van der Waals surface area contributed by atoms with Gasteiger partial charge in [-0.1, -0.05) is 13.8 Å². The Balaban J connectivity index is 1.74. The lowest BCUT2D eigenvalue weighted by molar-refractivity contribution is 0.235. The van der Waals surface area contributed by atoms with Gasteiger partial charge in [-0.05, 0) is 31.6 Å². The van der Waals surface area contributed by atoms with Crippen LogP contribution in [0.25, 0.3) is 0 Å². The molecule has 0 heterocycles. The van der Waals surface area contributed by atoms with Crippen LogP contribution in [0.3, 0.4) is 0 Å². The molecule has 2 aliphatic rings. The Hall–Kier alpha value is -0.730. The molecule has 0 saturated heterocycles. The summed E-state index contributed by atoms with van der Waals surface area (Å²) in [5.74, 6) is 0. The minimum absolute atomic E-state index is 0.00979. The van der Waals surface area contributed by atoms with Crippen LogP contribution in [0, 0.1) is 5.41 Å². The summed E-state index contributed by atoms with van der Waals surface area (Å²) >= 11 is 0. The lowest BCUT2D eigenvalue weighted by Crippen LogP contribution is -2.43. The van der Waals surface area contributed by atoms with Crippen molar-refractivity contribution >= 4 is 6.03 Å². The molecule has 2 N–H and O–H groups in total. The second-order valence-corrected chi connectivity index (χ2v) is 5.40. The van der Waals surface area contributed by atoms with E-state index in [1.54, 1.807) is 0 Å². The molecular weight excluding hydrogens is 164 g/mol. The number of carbonyl (C=O) groups is 1. The van der Waals surface area contributed by atoms with E-state index < -0.39 is 0 Å². The number of urea groups is 1. The molecule has 2 fully saturated rings. The zero-order valence-electron chi connectivity index (χ0n) is 8.61. The van der Waals surface area contributed by atoms with Gasteiger partial charge in [0.25, 0.3) is 0 Å². The zero-order chi connectivity index (χ0) is 9.69. The van der Waals surface area contributed by atoms with Crippen molar-refractivity contribution in [3.63, 3.8) is 0 Å². The summed E-state index contributed by atoms with van der Waals surface area (Å²) in [6.07, 6.45) is 3.35. The number of rotatable bonds is 2. The van der Waals surface area contributed by atoms with E-state index in [2.05, 4.69) is 31.4 Å². The first-order valence-electron chi connectivity index (χ1n) is 5.00. The Morgan fingerprint density at radius 3 is 2.23 bits per heavy atom. The van der Waals surface area contributed by atoms with Crippen molar-refractivity contribution < 1.29 is 4.79 Å². The predicted molar refractivity (Wildman–Crippen MR) is 51.5 cm³/mol. The molecule has 2 saturated carbocycles. The van der Waals surface area contributed by atoms with Crippen LogP contribution in [0.5, 0.6) is 0 Å². The third kappa shape index (κ3) is 1.95. The van der Waals surface area contributed by atoms with Crippen LogP contribution in [-0.2, 0) is 0 Å². The maximum Gasteiger partial charge on any atom is 0.315 e. The van der Waals surface area contributed by atoms with Gasteiger partial charge in [-0.25, -0.2) is 4.79 Å². The van der Waals surface area contributed by atoms with Gasteiger partial charge in [0.05, 0.1) is 0 Å². The minimum Gasteiger partial charge on any atom is -0.335 e. The molecule has 1 atom stereocenters. The van der Waals surface area contributed by atoms with Gasteiger partial charge in [0.2, 0.25) is 0 Å². The van der Waals surface area contributed by atoms with Gasteiger partial charge in [0.15, 0.2) is 0 Å². The van der Waals surface area contributed by atoms with Crippen molar-refractivity contribution in [2.45, 2.75) is 51.6 Å². The second kappa shape index (κ2) is 2.40. The summed E-state index contributed by atoms with van der Waals surface area (Å²) in [7, 11) is 0. The Morgan fingerprint density at radius 2 is 1.85 bits per heavy atom. The van der Waals surface area contributed by atoms with Crippen LogP contribution in [0.15, 0.2) is 0 Å². The molecule has 0 aromatic heterocycles. The normalized spacial score (nSPS) is 32.1. The standard InChI is InChI=1S/C10H18N2O/c1-9(2)6-7(9)11-8(13)12-10(3)4-5-10/h7H,4-6H2,1-3H3,(H2,11,12,13). The number of hydrogen-bond acceptors (Lipinski definition) is 1. The number of nitrogens with one attached hydrogen (secondary N) is 2. The molecule has 2 amide bonds. The van der Waals surface area contributed by atoms with Gasteiger partial charge in [0, 0.05) is 11.6 Å². The summed E-state index contributed by atoms with van der Waals surface area (Å²) in [6, 6.07) is 0.394. The summed E-state index contributed by atoms with van der Waals surface area (Å²) in [6.45, 7) is 6.44. The van der Waals surface area contributed by atoms with Gasteiger partial charge in [-0.3, -0.25) is 0 Å². The van der Waals surface area contributed by atoms with E-state index in [-0.39, 0.29) is 11.6 Å². The Kier molecular flexibility index (Phi) is 1.63. The molecule has 74 valence electrons. The molecule has 0 radical (unpaired) electrons. The highest BCUT2D eigenvalue weighted by atomic mass is 16.2. The van der Waals surface area contributed by atoms with Crippen molar-refractivity contribution in [3.05, 3.63) is 0 Å². The van der Waals surface area contributed by atoms with Crippen LogP contribution in [-0.4, -0.2) is 17.6 Å². The molecule has 1 unspecified atom stereocenters. The highest BCUT2D eigenvalue weighted by Crippen LogP contribution is 2.44. The van der Waals surface area contributed by atoms with Crippen molar-refractivity contribution in [2.75, 3.05) is 0 Å². The predicted octanol–water partition coefficient (Wildman–Crippen LogP) is 1.64. The van der Waals surface area contributed by atoms with E-state index in [9.17, 15) is 4.79 Å².